The van der Waals surface area contributed by atoms with Crippen LogP contribution in [0.2, 0.25) is 0 Å². The predicted molar refractivity (Wildman–Crippen MR) is 64.6 cm³/mol. The minimum atomic E-state index is 0.106. The number of thioether (sulfide) groups is 1. The Labute approximate surface area is 90.4 Å². The molecule has 0 aliphatic carbocycles. The first-order chi connectivity index (χ1) is 6.63. The molecule has 0 aromatic heterocycles. The minimum absolute atomic E-state index is 0.106. The molecule has 0 aliphatic rings. The molecule has 2 N–H and O–H groups in total. The third-order valence-electron chi connectivity index (χ3n) is 2.04. The summed E-state index contributed by atoms with van der Waals surface area (Å²) in [7, 11) is 0. The van der Waals surface area contributed by atoms with Gasteiger partial charge in [0.25, 0.3) is 0 Å². The summed E-state index contributed by atoms with van der Waals surface area (Å²) < 4.78 is 0. The molecular weight excluding hydrogens is 190 g/mol. The van der Waals surface area contributed by atoms with Gasteiger partial charge >= 0.3 is 0 Å². The van der Waals surface area contributed by atoms with Crippen LogP contribution in [-0.2, 0) is 0 Å². The van der Waals surface area contributed by atoms with Crippen LogP contribution in [0.4, 0.5) is 0 Å². The van der Waals surface area contributed by atoms with Gasteiger partial charge in [0.15, 0.2) is 0 Å². The van der Waals surface area contributed by atoms with Crippen molar-refractivity contribution in [1.82, 2.24) is 0 Å². The van der Waals surface area contributed by atoms with Crippen LogP contribution < -0.4 is 5.73 Å². The largest absolute Gasteiger partial charge is 0.324 e. The second-order valence-corrected chi connectivity index (χ2v) is 4.87. The maximum Gasteiger partial charge on any atom is 0.0266 e. The van der Waals surface area contributed by atoms with E-state index in [9.17, 15) is 0 Å². The summed E-state index contributed by atoms with van der Waals surface area (Å²) in [6.07, 6.45) is 1.95. The first-order valence-corrected chi connectivity index (χ1v) is 5.66. The quantitative estimate of drug-likeness (QED) is 0.605. The predicted octanol–water partition coefficient (Wildman–Crippen LogP) is 3.37. The van der Waals surface area contributed by atoms with Gasteiger partial charge in [0.1, 0.15) is 0 Å². The summed E-state index contributed by atoms with van der Waals surface area (Å²) in [4.78, 5) is 1.26. The third kappa shape index (κ3) is 3.20. The molecule has 2 atom stereocenters. The first kappa shape index (κ1) is 11.3. The number of rotatable bonds is 4. The normalized spacial score (nSPS) is 14.8. The highest BCUT2D eigenvalue weighted by Crippen LogP contribution is 2.25. The average molecular weight is 207 g/mol. The van der Waals surface area contributed by atoms with Gasteiger partial charge in [-0.3, -0.25) is 0 Å². The fourth-order valence-electron chi connectivity index (χ4n) is 1.13. The van der Waals surface area contributed by atoms with Gasteiger partial charge in [-0.1, -0.05) is 18.2 Å². The lowest BCUT2D eigenvalue weighted by atomic mass is 10.1. The topological polar surface area (TPSA) is 26.0 Å². The highest BCUT2D eigenvalue weighted by molar-refractivity contribution is 8.00. The molecule has 1 nitrogen and oxygen atoms in total. The first-order valence-electron chi connectivity index (χ1n) is 4.78. The van der Waals surface area contributed by atoms with Crippen LogP contribution in [0.5, 0.6) is 0 Å². The molecule has 0 heterocycles. The van der Waals surface area contributed by atoms with E-state index >= 15 is 0 Å². The monoisotopic (exact) mass is 207 g/mol. The Balaban J connectivity index is 2.78. The summed E-state index contributed by atoms with van der Waals surface area (Å²) in [5.74, 6) is 0. The molecular formula is C12H17NS. The molecule has 1 aromatic rings. The van der Waals surface area contributed by atoms with Crippen molar-refractivity contribution >= 4 is 11.8 Å². The van der Waals surface area contributed by atoms with Gasteiger partial charge < -0.3 is 5.73 Å². The van der Waals surface area contributed by atoms with Gasteiger partial charge in [-0.2, -0.15) is 0 Å². The molecule has 0 saturated heterocycles. The Bertz CT molecular complexity index is 307. The zero-order valence-electron chi connectivity index (χ0n) is 8.73. The summed E-state index contributed by atoms with van der Waals surface area (Å²) in [5.41, 5.74) is 7.00. The van der Waals surface area contributed by atoms with Crippen molar-refractivity contribution in [2.45, 2.75) is 30.0 Å². The van der Waals surface area contributed by atoms with Crippen LogP contribution in [0, 0.1) is 0 Å². The lowest BCUT2D eigenvalue weighted by Gasteiger charge is -2.09. The summed E-state index contributed by atoms with van der Waals surface area (Å²) in [6, 6.07) is 8.48. The van der Waals surface area contributed by atoms with Crippen molar-refractivity contribution in [3.63, 3.8) is 0 Å². The highest BCUT2D eigenvalue weighted by Gasteiger charge is 2.03. The van der Waals surface area contributed by atoms with Gasteiger partial charge in [-0.15, -0.1) is 18.3 Å². The molecule has 0 bridgehead atoms. The van der Waals surface area contributed by atoms with E-state index in [0.29, 0.717) is 5.25 Å². The number of nitrogens with two attached hydrogens (primary N) is 1. The van der Waals surface area contributed by atoms with Crippen molar-refractivity contribution in [2.24, 2.45) is 5.73 Å². The van der Waals surface area contributed by atoms with Crippen LogP contribution in [0.25, 0.3) is 0 Å². The van der Waals surface area contributed by atoms with E-state index in [1.165, 1.54) is 10.5 Å². The smallest absolute Gasteiger partial charge is 0.0266 e. The SMILES string of the molecule is C=CC(C)Sc1cccc(C(C)N)c1. The molecule has 1 rings (SSSR count). The Morgan fingerprint density at radius 3 is 2.71 bits per heavy atom. The molecule has 1 aromatic carbocycles. The lowest BCUT2D eigenvalue weighted by Crippen LogP contribution is -2.04. The Hall–Kier alpha value is -0.730. The fourth-order valence-corrected chi connectivity index (χ4v) is 2.02. The van der Waals surface area contributed by atoms with E-state index in [2.05, 4.69) is 37.8 Å². The second kappa shape index (κ2) is 5.23. The molecule has 0 amide bonds. The summed E-state index contributed by atoms with van der Waals surface area (Å²) >= 11 is 1.80. The van der Waals surface area contributed by atoms with Gasteiger partial charge in [-0.25, -0.2) is 0 Å². The van der Waals surface area contributed by atoms with E-state index in [4.69, 9.17) is 5.73 Å². The van der Waals surface area contributed by atoms with Crippen molar-refractivity contribution < 1.29 is 0 Å². The lowest BCUT2D eigenvalue weighted by molar-refractivity contribution is 0.815. The van der Waals surface area contributed by atoms with Crippen LogP contribution in [-0.4, -0.2) is 5.25 Å². The van der Waals surface area contributed by atoms with E-state index in [1.807, 2.05) is 13.0 Å². The molecule has 14 heavy (non-hydrogen) atoms. The standard InChI is InChI=1S/C12H17NS/c1-4-9(2)14-12-7-5-6-11(8-12)10(3)13/h4-10H,1,13H2,2-3H3. The zero-order chi connectivity index (χ0) is 10.6. The van der Waals surface area contributed by atoms with Crippen LogP contribution in [0.1, 0.15) is 25.5 Å². The molecule has 0 radical (unpaired) electrons. The zero-order valence-corrected chi connectivity index (χ0v) is 9.55. The number of hydrogen-bond donors (Lipinski definition) is 1. The molecule has 2 heteroatoms. The maximum atomic E-state index is 5.82. The van der Waals surface area contributed by atoms with E-state index < -0.39 is 0 Å². The van der Waals surface area contributed by atoms with Crippen molar-refractivity contribution in [3.05, 3.63) is 42.5 Å². The van der Waals surface area contributed by atoms with Crippen LogP contribution in [0.15, 0.2) is 41.8 Å². The van der Waals surface area contributed by atoms with Crippen molar-refractivity contribution in [3.8, 4) is 0 Å². The molecule has 76 valence electrons. The molecule has 0 spiro atoms. The van der Waals surface area contributed by atoms with Gasteiger partial charge in [0.05, 0.1) is 0 Å². The maximum absolute atomic E-state index is 5.82. The van der Waals surface area contributed by atoms with Gasteiger partial charge in [0.2, 0.25) is 0 Å². The van der Waals surface area contributed by atoms with E-state index in [1.54, 1.807) is 11.8 Å². The molecule has 2 unspecified atom stereocenters. The summed E-state index contributed by atoms with van der Waals surface area (Å²) in [6.45, 7) is 7.90. The van der Waals surface area contributed by atoms with E-state index in [-0.39, 0.29) is 6.04 Å². The van der Waals surface area contributed by atoms with Crippen LogP contribution in [0.3, 0.4) is 0 Å². The van der Waals surface area contributed by atoms with Gasteiger partial charge in [-0.05, 0) is 31.5 Å². The number of hydrogen-bond acceptors (Lipinski definition) is 2. The minimum Gasteiger partial charge on any atom is -0.324 e. The van der Waals surface area contributed by atoms with Crippen molar-refractivity contribution in [1.29, 1.82) is 0 Å². The Kier molecular flexibility index (Phi) is 4.23. The third-order valence-corrected chi connectivity index (χ3v) is 3.13. The Morgan fingerprint density at radius 1 is 1.43 bits per heavy atom. The second-order valence-electron chi connectivity index (χ2n) is 3.42. The number of benzene rings is 1. The molecule has 0 fully saturated rings. The average Bonchev–Trinajstić information content (AvgIpc) is 2.18. The Morgan fingerprint density at radius 2 is 2.14 bits per heavy atom. The van der Waals surface area contributed by atoms with Crippen LogP contribution >= 0.6 is 11.8 Å². The van der Waals surface area contributed by atoms with Crippen molar-refractivity contribution in [2.75, 3.05) is 0 Å². The van der Waals surface area contributed by atoms with Gasteiger partial charge in [0, 0.05) is 16.2 Å². The fraction of sp³-hybridized carbons (Fsp3) is 0.333. The highest BCUT2D eigenvalue weighted by atomic mass is 32.2. The molecule has 0 saturated carbocycles. The molecule has 0 aliphatic heterocycles. The van der Waals surface area contributed by atoms with E-state index in [0.717, 1.165) is 0 Å². The summed E-state index contributed by atoms with van der Waals surface area (Å²) in [5, 5.41) is 0.443.